The molecule has 5 nitrogen and oxygen atoms in total. The predicted octanol–water partition coefficient (Wildman–Crippen LogP) is 4.50. The Morgan fingerprint density at radius 2 is 1.70 bits per heavy atom. The Balaban J connectivity index is 1.54. The first-order valence-electron chi connectivity index (χ1n) is 10.2. The second-order valence-electron chi connectivity index (χ2n) is 7.64. The number of pyridine rings is 1. The third-order valence-electron chi connectivity index (χ3n) is 5.85. The van der Waals surface area contributed by atoms with Crippen molar-refractivity contribution in [3.63, 3.8) is 0 Å². The largest absolute Gasteiger partial charge is 0.288 e. The van der Waals surface area contributed by atoms with Crippen LogP contribution in [0.5, 0.6) is 0 Å². The average Bonchev–Trinajstić information content (AvgIpc) is 2.80. The molecule has 3 aromatic rings. The molecule has 2 aliphatic rings. The molecule has 2 heterocycles. The van der Waals surface area contributed by atoms with Crippen molar-refractivity contribution in [2.45, 2.75) is 31.2 Å². The van der Waals surface area contributed by atoms with Crippen LogP contribution in [-0.4, -0.2) is 23.0 Å². The third kappa shape index (κ3) is 3.12. The number of fused-ring (bicyclic) bond motifs is 2. The highest BCUT2D eigenvalue weighted by Gasteiger charge is 2.39. The van der Waals surface area contributed by atoms with Gasteiger partial charge in [-0.1, -0.05) is 48.5 Å². The van der Waals surface area contributed by atoms with Crippen molar-refractivity contribution < 1.29 is 9.59 Å². The van der Waals surface area contributed by atoms with Crippen molar-refractivity contribution in [1.29, 1.82) is 0 Å². The molecule has 0 saturated heterocycles. The summed E-state index contributed by atoms with van der Waals surface area (Å²) in [6, 6.07) is 20.9. The van der Waals surface area contributed by atoms with Gasteiger partial charge in [-0.05, 0) is 54.2 Å². The van der Waals surface area contributed by atoms with E-state index in [4.69, 9.17) is 4.99 Å². The summed E-state index contributed by atoms with van der Waals surface area (Å²) in [5.74, 6) is -0.939. The second kappa shape index (κ2) is 7.67. The van der Waals surface area contributed by atoms with E-state index in [0.29, 0.717) is 16.9 Å². The molecular weight excluding hydrogens is 374 g/mol. The topological polar surface area (TPSA) is 62.6 Å². The van der Waals surface area contributed by atoms with Crippen LogP contribution in [0, 0.1) is 0 Å². The highest BCUT2D eigenvalue weighted by molar-refractivity contribution is 6.28. The molecular formula is C25H21N3O2. The maximum atomic E-state index is 13.4. The summed E-state index contributed by atoms with van der Waals surface area (Å²) in [5.41, 5.74) is 3.77. The summed E-state index contributed by atoms with van der Waals surface area (Å²) < 4.78 is 0. The molecule has 5 rings (SSSR count). The fourth-order valence-electron chi connectivity index (χ4n) is 4.38. The number of carbonyl (C=O) groups excluding carboxylic acids is 2. The van der Waals surface area contributed by atoms with Gasteiger partial charge in [0.2, 0.25) is 5.91 Å². The zero-order chi connectivity index (χ0) is 20.5. The van der Waals surface area contributed by atoms with Crippen LogP contribution in [0.3, 0.4) is 0 Å². The smallest absolute Gasteiger partial charge is 0.266 e. The Morgan fingerprint density at radius 3 is 2.53 bits per heavy atom. The van der Waals surface area contributed by atoms with E-state index in [0.717, 1.165) is 19.3 Å². The lowest BCUT2D eigenvalue weighted by molar-refractivity contribution is -0.118. The first-order valence-corrected chi connectivity index (χ1v) is 10.2. The number of hydrogen-bond acceptors (Lipinski definition) is 4. The van der Waals surface area contributed by atoms with Gasteiger partial charge < -0.3 is 0 Å². The number of carbonyl (C=O) groups is 2. The molecule has 5 heteroatoms. The van der Waals surface area contributed by atoms with E-state index in [1.54, 1.807) is 36.7 Å². The maximum Gasteiger partial charge on any atom is 0.266 e. The molecule has 1 aliphatic carbocycles. The zero-order valence-electron chi connectivity index (χ0n) is 16.4. The highest BCUT2D eigenvalue weighted by atomic mass is 16.2. The fraction of sp³-hybridized carbons (Fsp3) is 0.200. The molecule has 2 atom stereocenters. The Labute approximate surface area is 175 Å². The van der Waals surface area contributed by atoms with Crippen LogP contribution in [0.4, 0.5) is 5.82 Å². The lowest BCUT2D eigenvalue weighted by atomic mass is 9.87. The number of anilines is 1. The van der Waals surface area contributed by atoms with Crippen LogP contribution in [0.25, 0.3) is 0 Å². The van der Waals surface area contributed by atoms with Gasteiger partial charge in [0, 0.05) is 18.0 Å². The summed E-state index contributed by atoms with van der Waals surface area (Å²) in [6.45, 7) is 0. The van der Waals surface area contributed by atoms with Gasteiger partial charge in [0.15, 0.2) is 0 Å². The third-order valence-corrected chi connectivity index (χ3v) is 5.85. The molecule has 2 aromatic carbocycles. The van der Waals surface area contributed by atoms with Gasteiger partial charge in [0.25, 0.3) is 5.91 Å². The van der Waals surface area contributed by atoms with Gasteiger partial charge in [0.1, 0.15) is 5.82 Å². The maximum absolute atomic E-state index is 13.4. The van der Waals surface area contributed by atoms with Crippen LogP contribution in [-0.2, 0) is 11.2 Å². The lowest BCUT2D eigenvalue weighted by Crippen LogP contribution is -2.46. The molecule has 0 fully saturated rings. The van der Waals surface area contributed by atoms with Crippen LogP contribution in [0.1, 0.15) is 51.8 Å². The van der Waals surface area contributed by atoms with Crippen LogP contribution in [0.2, 0.25) is 0 Å². The zero-order valence-corrected chi connectivity index (χ0v) is 16.4. The normalized spacial score (nSPS) is 20.9. The van der Waals surface area contributed by atoms with E-state index < -0.39 is 5.92 Å². The van der Waals surface area contributed by atoms with Crippen molar-refractivity contribution in [2.24, 2.45) is 4.99 Å². The van der Waals surface area contributed by atoms with E-state index in [2.05, 4.69) is 23.2 Å². The number of hydrogen-bond donors (Lipinski definition) is 0. The number of aliphatic imine (C=N–C) groups is 1. The van der Waals surface area contributed by atoms with E-state index in [1.807, 2.05) is 24.3 Å². The number of nitrogens with zero attached hydrogens (tertiary/aromatic N) is 3. The SMILES string of the molecule is O=C1c2ccccc2C(C=N[C@@H]2CCCc3ccccc32)C(=O)N1c1ccccn1. The number of aromatic nitrogens is 1. The van der Waals surface area contributed by atoms with E-state index in [1.165, 1.54) is 16.0 Å². The molecule has 148 valence electrons. The van der Waals surface area contributed by atoms with Crippen molar-refractivity contribution >= 4 is 23.8 Å². The van der Waals surface area contributed by atoms with Gasteiger partial charge in [-0.15, -0.1) is 0 Å². The highest BCUT2D eigenvalue weighted by Crippen LogP contribution is 2.35. The number of amides is 2. The number of aryl methyl sites for hydroxylation is 1. The predicted molar refractivity (Wildman–Crippen MR) is 116 cm³/mol. The number of imide groups is 1. The van der Waals surface area contributed by atoms with Crippen molar-refractivity contribution in [3.8, 4) is 0 Å². The van der Waals surface area contributed by atoms with Crippen molar-refractivity contribution in [2.75, 3.05) is 4.90 Å². The Bertz CT molecular complexity index is 1140. The molecule has 0 N–H and O–H groups in total. The minimum absolute atomic E-state index is 0.0378. The molecule has 0 spiro atoms. The second-order valence-corrected chi connectivity index (χ2v) is 7.64. The molecule has 2 amide bonds. The number of benzene rings is 2. The minimum atomic E-state index is -0.616. The molecule has 1 unspecified atom stereocenters. The van der Waals surface area contributed by atoms with Gasteiger partial charge >= 0.3 is 0 Å². The number of rotatable bonds is 3. The van der Waals surface area contributed by atoms with Crippen molar-refractivity contribution in [1.82, 2.24) is 4.98 Å². The molecule has 1 aliphatic heterocycles. The van der Waals surface area contributed by atoms with Gasteiger partial charge in [0.05, 0.1) is 12.0 Å². The Morgan fingerprint density at radius 1 is 0.933 bits per heavy atom. The van der Waals surface area contributed by atoms with Gasteiger partial charge in [-0.3, -0.25) is 14.6 Å². The van der Waals surface area contributed by atoms with Gasteiger partial charge in [-0.2, -0.15) is 0 Å². The molecule has 30 heavy (non-hydrogen) atoms. The minimum Gasteiger partial charge on any atom is -0.288 e. The van der Waals surface area contributed by atoms with E-state index in [-0.39, 0.29) is 17.9 Å². The van der Waals surface area contributed by atoms with Crippen LogP contribution >= 0.6 is 0 Å². The Kier molecular flexibility index (Phi) is 4.71. The lowest BCUT2D eigenvalue weighted by Gasteiger charge is -2.30. The summed E-state index contributed by atoms with van der Waals surface area (Å²) in [7, 11) is 0. The average molecular weight is 395 g/mol. The first-order chi connectivity index (χ1) is 14.7. The Hall–Kier alpha value is -3.60. The van der Waals surface area contributed by atoms with Crippen LogP contribution in [0.15, 0.2) is 77.9 Å². The molecule has 0 radical (unpaired) electrons. The van der Waals surface area contributed by atoms with Crippen molar-refractivity contribution in [3.05, 3.63) is 95.2 Å². The van der Waals surface area contributed by atoms with Crippen LogP contribution < -0.4 is 4.90 Å². The summed E-state index contributed by atoms with van der Waals surface area (Å²) in [6.07, 6.45) is 6.41. The standard InChI is InChI=1S/C25H21N3O2/c29-24-20-12-4-3-11-19(20)21(25(30)28(24)23-14-5-6-15-26-23)16-27-22-13-7-9-17-8-1-2-10-18(17)22/h1-6,8,10-12,14-16,21-22H,7,9,13H2/t21?,22-/m1/s1. The molecule has 1 aromatic heterocycles. The summed E-state index contributed by atoms with van der Waals surface area (Å²) >= 11 is 0. The molecule has 0 bridgehead atoms. The van der Waals surface area contributed by atoms with E-state index in [9.17, 15) is 9.59 Å². The summed E-state index contributed by atoms with van der Waals surface area (Å²) in [5, 5.41) is 0. The van der Waals surface area contributed by atoms with E-state index >= 15 is 0 Å². The fourth-order valence-corrected chi connectivity index (χ4v) is 4.38. The van der Waals surface area contributed by atoms with Gasteiger partial charge in [-0.25, -0.2) is 9.88 Å². The quantitative estimate of drug-likeness (QED) is 0.484. The monoisotopic (exact) mass is 395 g/mol. The first kappa shape index (κ1) is 18.4. The summed E-state index contributed by atoms with van der Waals surface area (Å²) in [4.78, 5) is 36.7. The molecule has 0 saturated carbocycles.